The minimum atomic E-state index is -0.513. The molecule has 7 heteroatoms. The monoisotopic (exact) mass is 392 g/mol. The predicted molar refractivity (Wildman–Crippen MR) is 103 cm³/mol. The van der Waals surface area contributed by atoms with Crippen LogP contribution in [0, 0.1) is 5.82 Å². The first-order chi connectivity index (χ1) is 13.0. The second kappa shape index (κ2) is 8.59. The summed E-state index contributed by atoms with van der Waals surface area (Å²) in [6, 6.07) is 9.96. The van der Waals surface area contributed by atoms with Crippen molar-refractivity contribution in [3.8, 4) is 11.5 Å². The van der Waals surface area contributed by atoms with E-state index in [1.807, 2.05) is 18.2 Å². The van der Waals surface area contributed by atoms with Gasteiger partial charge in [-0.05, 0) is 43.7 Å². The number of amides is 1. The Labute approximate surface area is 163 Å². The lowest BCUT2D eigenvalue weighted by molar-refractivity contribution is -0.117. The van der Waals surface area contributed by atoms with E-state index in [0.717, 1.165) is 36.4 Å². The van der Waals surface area contributed by atoms with Crippen LogP contribution in [0.2, 0.25) is 5.02 Å². The number of hydrogen-bond donors (Lipinski definition) is 1. The summed E-state index contributed by atoms with van der Waals surface area (Å²) in [5.41, 5.74) is 1.51. The lowest BCUT2D eigenvalue weighted by atomic mass is 10.0. The highest BCUT2D eigenvalue weighted by molar-refractivity contribution is 6.31. The molecule has 1 atom stereocenters. The fourth-order valence-corrected chi connectivity index (χ4v) is 3.60. The Balaban J connectivity index is 1.71. The molecule has 0 bridgehead atoms. The molecule has 1 fully saturated rings. The molecule has 0 aliphatic carbocycles. The van der Waals surface area contributed by atoms with Gasteiger partial charge in [0.2, 0.25) is 5.91 Å². The summed E-state index contributed by atoms with van der Waals surface area (Å²) < 4.78 is 24.0. The van der Waals surface area contributed by atoms with Crippen LogP contribution in [-0.4, -0.2) is 38.1 Å². The van der Waals surface area contributed by atoms with Crippen LogP contribution in [0.25, 0.3) is 0 Å². The van der Waals surface area contributed by atoms with E-state index < -0.39 is 5.82 Å². The van der Waals surface area contributed by atoms with Crippen LogP contribution in [0.3, 0.4) is 0 Å². The number of likely N-dealkylation sites (tertiary alicyclic amines) is 1. The first kappa shape index (κ1) is 19.5. The molecular weight excluding hydrogens is 371 g/mol. The van der Waals surface area contributed by atoms with E-state index in [4.69, 9.17) is 21.1 Å². The predicted octanol–water partition coefficient (Wildman–Crippen LogP) is 4.27. The van der Waals surface area contributed by atoms with E-state index in [2.05, 4.69) is 10.2 Å². The topological polar surface area (TPSA) is 50.8 Å². The molecule has 0 saturated carbocycles. The quantitative estimate of drug-likeness (QED) is 0.797. The van der Waals surface area contributed by atoms with Gasteiger partial charge in [-0.3, -0.25) is 9.69 Å². The van der Waals surface area contributed by atoms with E-state index in [0.29, 0.717) is 5.69 Å². The molecule has 0 spiro atoms. The molecule has 1 amide bonds. The van der Waals surface area contributed by atoms with Crippen molar-refractivity contribution >= 4 is 23.2 Å². The molecule has 0 aromatic heterocycles. The number of rotatable bonds is 6. The van der Waals surface area contributed by atoms with Crippen LogP contribution in [0.1, 0.15) is 24.4 Å². The summed E-state index contributed by atoms with van der Waals surface area (Å²) in [7, 11) is 3.24. The Hall–Kier alpha value is -2.31. The minimum Gasteiger partial charge on any atom is -0.497 e. The zero-order chi connectivity index (χ0) is 19.4. The maximum absolute atomic E-state index is 13.3. The van der Waals surface area contributed by atoms with Crippen molar-refractivity contribution in [3.63, 3.8) is 0 Å². The number of nitrogens with zero attached hydrogens (tertiary/aromatic N) is 1. The summed E-state index contributed by atoms with van der Waals surface area (Å²) in [5.74, 6) is 0.793. The summed E-state index contributed by atoms with van der Waals surface area (Å²) >= 11 is 5.77. The molecule has 144 valence electrons. The van der Waals surface area contributed by atoms with Crippen LogP contribution < -0.4 is 14.8 Å². The number of carbonyl (C=O) groups excluding carboxylic acids is 1. The van der Waals surface area contributed by atoms with Gasteiger partial charge in [0.1, 0.15) is 17.3 Å². The maximum atomic E-state index is 13.3. The highest BCUT2D eigenvalue weighted by Crippen LogP contribution is 2.38. The minimum absolute atomic E-state index is 0.0187. The van der Waals surface area contributed by atoms with Crippen molar-refractivity contribution in [2.75, 3.05) is 32.6 Å². The molecule has 0 radical (unpaired) electrons. The van der Waals surface area contributed by atoms with Gasteiger partial charge in [0.05, 0.1) is 25.8 Å². The first-order valence-electron chi connectivity index (χ1n) is 8.72. The number of nitrogens with one attached hydrogen (secondary N) is 1. The number of carbonyl (C=O) groups is 1. The molecule has 2 aromatic rings. The molecule has 1 aliphatic rings. The van der Waals surface area contributed by atoms with Crippen molar-refractivity contribution in [1.82, 2.24) is 4.90 Å². The van der Waals surface area contributed by atoms with Crippen LogP contribution in [-0.2, 0) is 4.79 Å². The summed E-state index contributed by atoms with van der Waals surface area (Å²) in [6.07, 6.45) is 1.94. The second-order valence-corrected chi connectivity index (χ2v) is 6.82. The zero-order valence-corrected chi connectivity index (χ0v) is 16.1. The second-order valence-electron chi connectivity index (χ2n) is 6.41. The molecule has 1 aliphatic heterocycles. The Morgan fingerprint density at radius 2 is 2.07 bits per heavy atom. The number of hydrogen-bond acceptors (Lipinski definition) is 4. The largest absolute Gasteiger partial charge is 0.497 e. The van der Waals surface area contributed by atoms with Crippen molar-refractivity contribution in [3.05, 3.63) is 52.8 Å². The van der Waals surface area contributed by atoms with E-state index in [-0.39, 0.29) is 23.5 Å². The van der Waals surface area contributed by atoms with Gasteiger partial charge in [-0.2, -0.15) is 0 Å². The summed E-state index contributed by atoms with van der Waals surface area (Å²) in [5, 5.41) is 2.75. The average Bonchev–Trinajstić information content (AvgIpc) is 3.11. The van der Waals surface area contributed by atoms with Gasteiger partial charge in [-0.1, -0.05) is 17.7 Å². The third-order valence-electron chi connectivity index (χ3n) is 4.71. The number of halogens is 2. The molecule has 5 nitrogen and oxygen atoms in total. The van der Waals surface area contributed by atoms with Gasteiger partial charge in [-0.25, -0.2) is 4.39 Å². The molecule has 1 saturated heterocycles. The zero-order valence-electron chi connectivity index (χ0n) is 15.3. The fourth-order valence-electron chi connectivity index (χ4n) is 3.42. The Morgan fingerprint density at radius 1 is 1.26 bits per heavy atom. The normalized spacial score (nSPS) is 17.0. The van der Waals surface area contributed by atoms with E-state index in [9.17, 15) is 9.18 Å². The maximum Gasteiger partial charge on any atom is 0.238 e. The van der Waals surface area contributed by atoms with E-state index in [1.165, 1.54) is 18.2 Å². The van der Waals surface area contributed by atoms with Gasteiger partial charge in [0, 0.05) is 23.4 Å². The highest BCUT2D eigenvalue weighted by atomic mass is 35.5. The number of methoxy groups -OCH3 is 2. The molecule has 0 unspecified atom stereocenters. The highest BCUT2D eigenvalue weighted by Gasteiger charge is 2.30. The fraction of sp³-hybridized carbons (Fsp3) is 0.350. The van der Waals surface area contributed by atoms with Gasteiger partial charge >= 0.3 is 0 Å². The molecule has 1 heterocycles. The number of benzene rings is 2. The van der Waals surface area contributed by atoms with Crippen molar-refractivity contribution in [2.45, 2.75) is 18.9 Å². The molecule has 1 N–H and O–H groups in total. The van der Waals surface area contributed by atoms with E-state index >= 15 is 0 Å². The molecular formula is C20H22ClFN2O3. The molecule has 2 aromatic carbocycles. The Bertz CT molecular complexity index is 831. The number of anilines is 1. The van der Waals surface area contributed by atoms with Crippen molar-refractivity contribution < 1.29 is 18.7 Å². The third kappa shape index (κ3) is 4.51. The lowest BCUT2D eigenvalue weighted by Crippen LogP contribution is -2.33. The average molecular weight is 393 g/mol. The van der Waals surface area contributed by atoms with Crippen LogP contribution in [0.5, 0.6) is 11.5 Å². The van der Waals surface area contributed by atoms with Crippen LogP contribution >= 0.6 is 11.6 Å². The van der Waals surface area contributed by atoms with Gasteiger partial charge in [-0.15, -0.1) is 0 Å². The first-order valence-corrected chi connectivity index (χ1v) is 9.10. The Morgan fingerprint density at radius 3 is 2.78 bits per heavy atom. The van der Waals surface area contributed by atoms with Gasteiger partial charge in [0.25, 0.3) is 0 Å². The lowest BCUT2D eigenvalue weighted by Gasteiger charge is -2.26. The number of ether oxygens (including phenoxy) is 2. The Kier molecular flexibility index (Phi) is 6.19. The molecule has 3 rings (SSSR count). The van der Waals surface area contributed by atoms with Crippen molar-refractivity contribution in [2.24, 2.45) is 0 Å². The van der Waals surface area contributed by atoms with Gasteiger partial charge in [0.15, 0.2) is 0 Å². The standard InChI is InChI=1S/C20H22ClFN2O3/c1-26-14-6-7-15(19(11-14)27-2)18-4-3-9-24(18)12-20(25)23-13-5-8-17(22)16(21)10-13/h5-8,10-11,18H,3-4,9,12H2,1-2H3,(H,23,25)/t18-/m0/s1. The van der Waals surface area contributed by atoms with E-state index in [1.54, 1.807) is 14.2 Å². The third-order valence-corrected chi connectivity index (χ3v) is 5.00. The van der Waals surface area contributed by atoms with Crippen LogP contribution in [0.4, 0.5) is 10.1 Å². The SMILES string of the molecule is COc1ccc([C@@H]2CCCN2CC(=O)Nc2ccc(F)c(Cl)c2)c(OC)c1. The smallest absolute Gasteiger partial charge is 0.238 e. The van der Waals surface area contributed by atoms with Crippen molar-refractivity contribution in [1.29, 1.82) is 0 Å². The van der Waals surface area contributed by atoms with Gasteiger partial charge < -0.3 is 14.8 Å². The summed E-state index contributed by atoms with van der Waals surface area (Å²) in [4.78, 5) is 14.6. The summed E-state index contributed by atoms with van der Waals surface area (Å²) in [6.45, 7) is 1.05. The molecule has 27 heavy (non-hydrogen) atoms. The van der Waals surface area contributed by atoms with Crippen LogP contribution in [0.15, 0.2) is 36.4 Å².